The molecule has 0 atom stereocenters. The topological polar surface area (TPSA) is 105 Å². The average molecular weight is 429 g/mol. The summed E-state index contributed by atoms with van der Waals surface area (Å²) in [6, 6.07) is 12.5. The van der Waals surface area contributed by atoms with E-state index in [2.05, 4.69) is 15.5 Å². The highest BCUT2D eigenvalue weighted by molar-refractivity contribution is 7.89. The monoisotopic (exact) mass is 428 g/mol. The summed E-state index contributed by atoms with van der Waals surface area (Å²) in [7, 11) is -0.666. The number of anilines is 1. The SMILES string of the molecule is Cc1cc(S(=O)(=O)N(C)C)cc(NC(=O)CCc2nc(-c3ccccc3)no2)c1C. The van der Waals surface area contributed by atoms with Crippen LogP contribution in [-0.2, 0) is 21.2 Å². The molecule has 0 aliphatic carbocycles. The van der Waals surface area contributed by atoms with E-state index in [9.17, 15) is 13.2 Å². The summed E-state index contributed by atoms with van der Waals surface area (Å²) in [5.41, 5.74) is 2.89. The first-order valence-electron chi connectivity index (χ1n) is 9.40. The second-order valence-electron chi connectivity index (χ2n) is 7.13. The summed E-state index contributed by atoms with van der Waals surface area (Å²) in [5.74, 6) is 0.566. The van der Waals surface area contributed by atoms with Crippen molar-refractivity contribution < 1.29 is 17.7 Å². The van der Waals surface area contributed by atoms with Crippen LogP contribution in [0.25, 0.3) is 11.4 Å². The molecular formula is C21H24N4O4S. The number of aromatic nitrogens is 2. The van der Waals surface area contributed by atoms with E-state index < -0.39 is 10.0 Å². The van der Waals surface area contributed by atoms with Crippen molar-refractivity contribution in [1.29, 1.82) is 0 Å². The van der Waals surface area contributed by atoms with E-state index in [1.54, 1.807) is 6.07 Å². The number of hydrogen-bond acceptors (Lipinski definition) is 6. The molecule has 0 spiro atoms. The fourth-order valence-corrected chi connectivity index (χ4v) is 3.82. The van der Waals surface area contributed by atoms with Gasteiger partial charge in [0.15, 0.2) is 0 Å². The van der Waals surface area contributed by atoms with E-state index in [1.807, 2.05) is 44.2 Å². The lowest BCUT2D eigenvalue weighted by molar-refractivity contribution is -0.116. The lowest BCUT2D eigenvalue weighted by atomic mass is 10.1. The third kappa shape index (κ3) is 4.74. The molecule has 1 aromatic heterocycles. The first-order chi connectivity index (χ1) is 14.2. The van der Waals surface area contributed by atoms with Crippen molar-refractivity contribution in [2.45, 2.75) is 31.6 Å². The predicted molar refractivity (Wildman–Crippen MR) is 113 cm³/mol. The number of rotatable bonds is 7. The Bertz CT molecular complexity index is 1160. The maximum atomic E-state index is 12.5. The average Bonchev–Trinajstić information content (AvgIpc) is 3.19. The third-order valence-corrected chi connectivity index (χ3v) is 6.55. The van der Waals surface area contributed by atoms with Crippen molar-refractivity contribution in [2.75, 3.05) is 19.4 Å². The molecule has 158 valence electrons. The van der Waals surface area contributed by atoms with Gasteiger partial charge in [-0.15, -0.1) is 0 Å². The number of sulfonamides is 1. The van der Waals surface area contributed by atoms with Crippen LogP contribution in [0.4, 0.5) is 5.69 Å². The first kappa shape index (κ1) is 21.7. The lowest BCUT2D eigenvalue weighted by Crippen LogP contribution is -2.23. The van der Waals surface area contributed by atoms with Gasteiger partial charge in [-0.2, -0.15) is 4.98 Å². The molecule has 0 bridgehead atoms. The van der Waals surface area contributed by atoms with Gasteiger partial charge in [-0.1, -0.05) is 35.5 Å². The summed E-state index contributed by atoms with van der Waals surface area (Å²) in [5, 5.41) is 6.74. The van der Waals surface area contributed by atoms with Crippen molar-refractivity contribution in [2.24, 2.45) is 0 Å². The predicted octanol–water partition coefficient (Wildman–Crippen LogP) is 3.18. The normalized spacial score (nSPS) is 11.6. The molecule has 3 aromatic rings. The van der Waals surface area contributed by atoms with Crippen molar-refractivity contribution in [3.63, 3.8) is 0 Å². The lowest BCUT2D eigenvalue weighted by Gasteiger charge is -2.16. The Morgan fingerprint density at radius 3 is 2.50 bits per heavy atom. The molecule has 0 unspecified atom stereocenters. The maximum Gasteiger partial charge on any atom is 0.242 e. The maximum absolute atomic E-state index is 12.5. The van der Waals surface area contributed by atoms with Crippen molar-refractivity contribution in [1.82, 2.24) is 14.4 Å². The highest BCUT2D eigenvalue weighted by atomic mass is 32.2. The Labute approximate surface area is 176 Å². The van der Waals surface area contributed by atoms with Crippen LogP contribution >= 0.6 is 0 Å². The largest absolute Gasteiger partial charge is 0.339 e. The van der Waals surface area contributed by atoms with Crippen LogP contribution in [0.3, 0.4) is 0 Å². The third-order valence-electron chi connectivity index (χ3n) is 4.76. The summed E-state index contributed by atoms with van der Waals surface area (Å²) in [6.45, 7) is 3.64. The number of benzene rings is 2. The van der Waals surface area contributed by atoms with Crippen LogP contribution in [-0.4, -0.2) is 42.9 Å². The van der Waals surface area contributed by atoms with Gasteiger partial charge in [0.05, 0.1) is 4.90 Å². The van der Waals surface area contributed by atoms with Gasteiger partial charge in [-0.25, -0.2) is 12.7 Å². The summed E-state index contributed by atoms with van der Waals surface area (Å²) >= 11 is 0. The van der Waals surface area contributed by atoms with Gasteiger partial charge < -0.3 is 9.84 Å². The minimum atomic E-state index is -3.60. The van der Waals surface area contributed by atoms with Crippen LogP contribution in [0, 0.1) is 13.8 Å². The van der Waals surface area contributed by atoms with Crippen molar-refractivity contribution in [3.8, 4) is 11.4 Å². The van der Waals surface area contributed by atoms with E-state index in [4.69, 9.17) is 4.52 Å². The fraction of sp³-hybridized carbons (Fsp3) is 0.286. The summed E-state index contributed by atoms with van der Waals surface area (Å²) in [6.07, 6.45) is 0.402. The van der Waals surface area contributed by atoms with Crippen LogP contribution in [0.5, 0.6) is 0 Å². The molecule has 0 aliphatic rings. The number of hydrogen-bond donors (Lipinski definition) is 1. The number of aryl methyl sites for hydroxylation is 2. The van der Waals surface area contributed by atoms with Gasteiger partial charge in [-0.3, -0.25) is 4.79 Å². The van der Waals surface area contributed by atoms with Crippen LogP contribution in [0.1, 0.15) is 23.4 Å². The second kappa shape index (κ2) is 8.76. The molecule has 3 rings (SSSR count). The highest BCUT2D eigenvalue weighted by Gasteiger charge is 2.20. The molecule has 9 heteroatoms. The number of amides is 1. The molecule has 0 saturated heterocycles. The van der Waals surface area contributed by atoms with Crippen LogP contribution in [0.2, 0.25) is 0 Å². The molecule has 0 radical (unpaired) electrons. The number of carbonyl (C=O) groups is 1. The zero-order chi connectivity index (χ0) is 21.9. The molecule has 2 aromatic carbocycles. The minimum absolute atomic E-state index is 0.125. The Hall–Kier alpha value is -3.04. The first-order valence-corrected chi connectivity index (χ1v) is 10.8. The van der Waals surface area contributed by atoms with E-state index >= 15 is 0 Å². The molecule has 1 amide bonds. The molecule has 1 heterocycles. The summed E-state index contributed by atoms with van der Waals surface area (Å²) < 4.78 is 31.3. The van der Waals surface area contributed by atoms with Gasteiger partial charge in [0.25, 0.3) is 0 Å². The van der Waals surface area contributed by atoms with Gasteiger partial charge in [0, 0.05) is 38.2 Å². The second-order valence-corrected chi connectivity index (χ2v) is 9.28. The van der Waals surface area contributed by atoms with Gasteiger partial charge >= 0.3 is 0 Å². The van der Waals surface area contributed by atoms with Crippen LogP contribution < -0.4 is 5.32 Å². The molecule has 0 saturated carbocycles. The Morgan fingerprint density at radius 1 is 1.13 bits per heavy atom. The Morgan fingerprint density at radius 2 is 1.83 bits per heavy atom. The van der Waals surface area contributed by atoms with Gasteiger partial charge in [0.1, 0.15) is 0 Å². The molecule has 30 heavy (non-hydrogen) atoms. The summed E-state index contributed by atoms with van der Waals surface area (Å²) in [4.78, 5) is 16.9. The smallest absolute Gasteiger partial charge is 0.242 e. The zero-order valence-corrected chi connectivity index (χ0v) is 18.2. The highest BCUT2D eigenvalue weighted by Crippen LogP contribution is 2.26. The molecule has 0 aliphatic heterocycles. The van der Waals surface area contributed by atoms with E-state index in [-0.39, 0.29) is 23.6 Å². The van der Waals surface area contributed by atoms with Crippen molar-refractivity contribution >= 4 is 21.6 Å². The minimum Gasteiger partial charge on any atom is -0.339 e. The molecule has 8 nitrogen and oxygen atoms in total. The standard InChI is InChI=1S/C21H24N4O4S/c1-14-12-17(30(27,28)25(3)4)13-18(15(14)2)22-19(26)10-11-20-23-21(24-29-20)16-8-6-5-7-9-16/h5-9,12-13H,10-11H2,1-4H3,(H,22,26). The fourth-order valence-electron chi connectivity index (χ4n) is 2.81. The molecule has 1 N–H and O–H groups in total. The Kier molecular flexibility index (Phi) is 6.33. The van der Waals surface area contributed by atoms with E-state index in [1.165, 1.54) is 20.2 Å². The zero-order valence-electron chi connectivity index (χ0n) is 17.3. The number of carbonyl (C=O) groups excluding carboxylic acids is 1. The molecule has 0 fully saturated rings. The molecular weight excluding hydrogens is 404 g/mol. The van der Waals surface area contributed by atoms with E-state index in [0.717, 1.165) is 21.0 Å². The van der Waals surface area contributed by atoms with Crippen molar-refractivity contribution in [3.05, 3.63) is 59.5 Å². The number of nitrogens with zero attached hydrogens (tertiary/aromatic N) is 3. The van der Waals surface area contributed by atoms with Crippen LogP contribution in [0.15, 0.2) is 51.9 Å². The Balaban J connectivity index is 1.70. The van der Waals surface area contributed by atoms with E-state index in [0.29, 0.717) is 17.4 Å². The number of nitrogens with one attached hydrogen (secondary N) is 1. The van der Waals surface area contributed by atoms with Gasteiger partial charge in [0.2, 0.25) is 27.6 Å². The van der Waals surface area contributed by atoms with Gasteiger partial charge in [-0.05, 0) is 37.1 Å². The quantitative estimate of drug-likeness (QED) is 0.620.